The molecule has 0 fully saturated rings. The van der Waals surface area contributed by atoms with Crippen molar-refractivity contribution in [2.75, 3.05) is 0 Å². The SMILES string of the molecule is CC(=O)Oc1cccc2ccccc12. The Hall–Kier alpha value is -1.83. The molecule has 0 amide bonds. The van der Waals surface area contributed by atoms with Crippen molar-refractivity contribution in [2.45, 2.75) is 6.92 Å². The zero-order valence-corrected chi connectivity index (χ0v) is 7.86. The first-order chi connectivity index (χ1) is 6.77. The largest absolute Gasteiger partial charge is 0.426 e. The first kappa shape index (κ1) is 8.75. The molecule has 0 aromatic heterocycles. The van der Waals surface area contributed by atoms with Crippen molar-refractivity contribution >= 4 is 16.7 Å². The van der Waals surface area contributed by atoms with Gasteiger partial charge >= 0.3 is 5.97 Å². The Morgan fingerprint density at radius 1 is 1.07 bits per heavy atom. The van der Waals surface area contributed by atoms with Crippen LogP contribution in [0.4, 0.5) is 0 Å². The number of benzene rings is 2. The van der Waals surface area contributed by atoms with E-state index in [2.05, 4.69) is 0 Å². The number of hydrogen-bond acceptors (Lipinski definition) is 2. The van der Waals surface area contributed by atoms with Gasteiger partial charge in [-0.05, 0) is 11.5 Å². The highest BCUT2D eigenvalue weighted by molar-refractivity contribution is 5.90. The van der Waals surface area contributed by atoms with Gasteiger partial charge in [-0.2, -0.15) is 0 Å². The first-order valence-electron chi connectivity index (χ1n) is 4.43. The number of carbonyl (C=O) groups excluding carboxylic acids is 1. The molecule has 0 spiro atoms. The zero-order chi connectivity index (χ0) is 9.97. The molecule has 0 radical (unpaired) electrons. The van der Waals surface area contributed by atoms with Gasteiger partial charge in [0.1, 0.15) is 5.75 Å². The maximum absolute atomic E-state index is 10.8. The molecular weight excluding hydrogens is 176 g/mol. The van der Waals surface area contributed by atoms with Crippen molar-refractivity contribution in [2.24, 2.45) is 0 Å². The quantitative estimate of drug-likeness (QED) is 0.505. The predicted molar refractivity (Wildman–Crippen MR) is 55.3 cm³/mol. The molecule has 0 aliphatic rings. The second kappa shape index (κ2) is 3.50. The topological polar surface area (TPSA) is 26.3 Å². The fourth-order valence-electron chi connectivity index (χ4n) is 1.44. The minimum absolute atomic E-state index is 0.290. The van der Waals surface area contributed by atoms with E-state index >= 15 is 0 Å². The lowest BCUT2D eigenvalue weighted by Crippen LogP contribution is -2.01. The molecule has 2 rings (SSSR count). The molecule has 70 valence electrons. The van der Waals surface area contributed by atoms with Gasteiger partial charge in [0.15, 0.2) is 0 Å². The summed E-state index contributed by atoms with van der Waals surface area (Å²) in [5.74, 6) is 0.331. The van der Waals surface area contributed by atoms with Crippen LogP contribution in [0.1, 0.15) is 6.92 Å². The van der Waals surface area contributed by atoms with Crippen LogP contribution in [0.3, 0.4) is 0 Å². The summed E-state index contributed by atoms with van der Waals surface area (Å²) in [4.78, 5) is 10.8. The van der Waals surface area contributed by atoms with Crippen LogP contribution in [-0.2, 0) is 4.79 Å². The summed E-state index contributed by atoms with van der Waals surface area (Å²) in [6.07, 6.45) is 0. The van der Waals surface area contributed by atoms with Crippen molar-refractivity contribution in [3.05, 3.63) is 42.5 Å². The Bertz CT molecular complexity index is 469. The number of esters is 1. The van der Waals surface area contributed by atoms with Gasteiger partial charge in [0.05, 0.1) is 0 Å². The van der Waals surface area contributed by atoms with Gasteiger partial charge in [0.2, 0.25) is 0 Å². The van der Waals surface area contributed by atoms with Crippen LogP contribution >= 0.6 is 0 Å². The molecular formula is C12H10O2. The molecule has 2 nitrogen and oxygen atoms in total. The summed E-state index contributed by atoms with van der Waals surface area (Å²) in [6.45, 7) is 1.40. The van der Waals surface area contributed by atoms with E-state index in [1.165, 1.54) is 6.92 Å². The maximum Gasteiger partial charge on any atom is 0.308 e. The third kappa shape index (κ3) is 1.59. The van der Waals surface area contributed by atoms with E-state index in [0.717, 1.165) is 10.8 Å². The standard InChI is InChI=1S/C12H10O2/c1-9(13)14-12-8-4-6-10-5-2-3-7-11(10)12/h2-8H,1H3. The van der Waals surface area contributed by atoms with Gasteiger partial charge in [-0.15, -0.1) is 0 Å². The highest BCUT2D eigenvalue weighted by Gasteiger charge is 2.02. The van der Waals surface area contributed by atoms with Gasteiger partial charge in [0.25, 0.3) is 0 Å². The third-order valence-corrected chi connectivity index (χ3v) is 2.00. The number of fused-ring (bicyclic) bond motifs is 1. The van der Waals surface area contributed by atoms with Crippen LogP contribution in [0.15, 0.2) is 42.5 Å². The average Bonchev–Trinajstić information content (AvgIpc) is 2.18. The van der Waals surface area contributed by atoms with E-state index in [4.69, 9.17) is 4.74 Å². The molecule has 2 aromatic rings. The van der Waals surface area contributed by atoms with Gasteiger partial charge in [-0.3, -0.25) is 4.79 Å². The summed E-state index contributed by atoms with van der Waals surface area (Å²) in [6, 6.07) is 13.5. The van der Waals surface area contributed by atoms with E-state index < -0.39 is 0 Å². The van der Waals surface area contributed by atoms with Crippen molar-refractivity contribution in [3.63, 3.8) is 0 Å². The second-order valence-electron chi connectivity index (χ2n) is 3.07. The minimum atomic E-state index is -0.290. The number of hydrogen-bond donors (Lipinski definition) is 0. The molecule has 0 atom stereocenters. The molecule has 14 heavy (non-hydrogen) atoms. The monoisotopic (exact) mass is 186 g/mol. The van der Waals surface area contributed by atoms with E-state index in [-0.39, 0.29) is 5.97 Å². The fourth-order valence-corrected chi connectivity index (χ4v) is 1.44. The fraction of sp³-hybridized carbons (Fsp3) is 0.0833. The van der Waals surface area contributed by atoms with Gasteiger partial charge in [-0.1, -0.05) is 36.4 Å². The molecule has 0 unspecified atom stereocenters. The third-order valence-electron chi connectivity index (χ3n) is 2.00. The minimum Gasteiger partial charge on any atom is -0.426 e. The Kier molecular flexibility index (Phi) is 2.19. The van der Waals surface area contributed by atoms with Gasteiger partial charge < -0.3 is 4.74 Å². The molecule has 2 aromatic carbocycles. The molecule has 0 saturated carbocycles. The normalized spacial score (nSPS) is 10.1. The van der Waals surface area contributed by atoms with Crippen LogP contribution in [0, 0.1) is 0 Å². The van der Waals surface area contributed by atoms with E-state index in [9.17, 15) is 4.79 Å². The summed E-state index contributed by atoms with van der Waals surface area (Å²) in [5, 5.41) is 2.04. The van der Waals surface area contributed by atoms with Crippen molar-refractivity contribution < 1.29 is 9.53 Å². The predicted octanol–water partition coefficient (Wildman–Crippen LogP) is 2.77. The summed E-state index contributed by atoms with van der Waals surface area (Å²) < 4.78 is 5.09. The molecule has 0 N–H and O–H groups in total. The van der Waals surface area contributed by atoms with Crippen LogP contribution in [0.2, 0.25) is 0 Å². The van der Waals surface area contributed by atoms with Crippen LogP contribution in [-0.4, -0.2) is 5.97 Å². The first-order valence-corrected chi connectivity index (χ1v) is 4.43. The maximum atomic E-state index is 10.8. The number of ether oxygens (including phenoxy) is 1. The highest BCUT2D eigenvalue weighted by atomic mass is 16.5. The summed E-state index contributed by atoms with van der Waals surface area (Å²) >= 11 is 0. The highest BCUT2D eigenvalue weighted by Crippen LogP contribution is 2.24. The van der Waals surface area contributed by atoms with E-state index in [1.54, 1.807) is 6.07 Å². The van der Waals surface area contributed by atoms with Crippen LogP contribution in [0.5, 0.6) is 5.75 Å². The Morgan fingerprint density at radius 3 is 2.57 bits per heavy atom. The van der Waals surface area contributed by atoms with E-state index in [0.29, 0.717) is 5.75 Å². The lowest BCUT2D eigenvalue weighted by Gasteiger charge is -2.04. The smallest absolute Gasteiger partial charge is 0.308 e. The summed E-state index contributed by atoms with van der Waals surface area (Å²) in [5.41, 5.74) is 0. The zero-order valence-electron chi connectivity index (χ0n) is 7.86. The summed E-state index contributed by atoms with van der Waals surface area (Å²) in [7, 11) is 0. The number of rotatable bonds is 1. The van der Waals surface area contributed by atoms with Crippen LogP contribution < -0.4 is 4.74 Å². The Morgan fingerprint density at radius 2 is 1.79 bits per heavy atom. The molecule has 0 saturated heterocycles. The van der Waals surface area contributed by atoms with Crippen molar-refractivity contribution in [1.82, 2.24) is 0 Å². The van der Waals surface area contributed by atoms with Gasteiger partial charge in [0, 0.05) is 12.3 Å². The molecule has 2 heteroatoms. The molecule has 0 aliphatic heterocycles. The van der Waals surface area contributed by atoms with E-state index in [1.807, 2.05) is 36.4 Å². The average molecular weight is 186 g/mol. The Balaban J connectivity index is 2.59. The van der Waals surface area contributed by atoms with Gasteiger partial charge in [-0.25, -0.2) is 0 Å². The van der Waals surface area contributed by atoms with Crippen molar-refractivity contribution in [1.29, 1.82) is 0 Å². The lowest BCUT2D eigenvalue weighted by atomic mass is 10.1. The molecule has 0 heterocycles. The Labute approximate surface area is 82.1 Å². The van der Waals surface area contributed by atoms with Crippen molar-refractivity contribution in [3.8, 4) is 5.75 Å². The second-order valence-corrected chi connectivity index (χ2v) is 3.07. The van der Waals surface area contributed by atoms with Crippen LogP contribution in [0.25, 0.3) is 10.8 Å². The lowest BCUT2D eigenvalue weighted by molar-refractivity contribution is -0.131. The molecule has 0 bridgehead atoms. The molecule has 0 aliphatic carbocycles. The number of carbonyl (C=O) groups is 1.